The van der Waals surface area contributed by atoms with E-state index < -0.39 is 0 Å². The van der Waals surface area contributed by atoms with Gasteiger partial charge in [0.25, 0.3) is 5.56 Å². The number of aryl methyl sites for hydroxylation is 3. The minimum atomic E-state index is -0.0249. The molecule has 0 aliphatic carbocycles. The van der Waals surface area contributed by atoms with E-state index in [2.05, 4.69) is 35.1 Å². The summed E-state index contributed by atoms with van der Waals surface area (Å²) in [6.07, 6.45) is 4.23. The molecule has 7 nitrogen and oxygen atoms in total. The van der Waals surface area contributed by atoms with Crippen LogP contribution in [-0.4, -0.2) is 42.4 Å². The average Bonchev–Trinajstić information content (AvgIpc) is 3.18. The monoisotopic (exact) mass is 354 g/mol. The number of nitrogens with zero attached hydrogens (tertiary/aromatic N) is 5. The maximum Gasteiger partial charge on any atom is 0.272 e. The van der Waals surface area contributed by atoms with Crippen LogP contribution in [0.25, 0.3) is 5.65 Å². The van der Waals surface area contributed by atoms with Crippen molar-refractivity contribution < 1.29 is 0 Å². The fraction of sp³-hybridized carbons (Fsp3) is 0.526. The number of nitrogens with one attached hydrogen (secondary N) is 1. The van der Waals surface area contributed by atoms with Gasteiger partial charge in [-0.1, -0.05) is 0 Å². The zero-order chi connectivity index (χ0) is 18.3. The van der Waals surface area contributed by atoms with Crippen molar-refractivity contribution in [3.63, 3.8) is 0 Å². The Morgan fingerprint density at radius 3 is 2.69 bits per heavy atom. The van der Waals surface area contributed by atoms with E-state index in [1.807, 2.05) is 17.7 Å². The summed E-state index contributed by atoms with van der Waals surface area (Å²) in [7, 11) is 0. The first-order valence-corrected chi connectivity index (χ1v) is 9.38. The van der Waals surface area contributed by atoms with Crippen LogP contribution < -0.4 is 5.56 Å². The molecule has 1 N–H and O–H groups in total. The third kappa shape index (κ3) is 3.19. The number of hydrogen-bond acceptors (Lipinski definition) is 4. The first kappa shape index (κ1) is 17.0. The highest BCUT2D eigenvalue weighted by atomic mass is 16.1. The van der Waals surface area contributed by atoms with Gasteiger partial charge >= 0.3 is 0 Å². The molecule has 1 aliphatic rings. The molecule has 4 rings (SSSR count). The van der Waals surface area contributed by atoms with E-state index in [9.17, 15) is 4.79 Å². The van der Waals surface area contributed by atoms with E-state index in [4.69, 9.17) is 4.98 Å². The average molecular weight is 354 g/mol. The Morgan fingerprint density at radius 2 is 2.00 bits per heavy atom. The maximum atomic E-state index is 12.3. The minimum Gasteiger partial charge on any atom is -0.299 e. The second-order valence-corrected chi connectivity index (χ2v) is 7.30. The molecule has 4 heterocycles. The Balaban J connectivity index is 1.45. The molecule has 3 aromatic rings. The van der Waals surface area contributed by atoms with Crippen LogP contribution in [0.15, 0.2) is 23.1 Å². The van der Waals surface area contributed by atoms with Crippen molar-refractivity contribution >= 4 is 5.65 Å². The van der Waals surface area contributed by atoms with Gasteiger partial charge in [-0.3, -0.25) is 19.5 Å². The van der Waals surface area contributed by atoms with E-state index in [1.54, 1.807) is 6.07 Å². The number of hydrogen-bond donors (Lipinski definition) is 1. The van der Waals surface area contributed by atoms with Crippen molar-refractivity contribution in [3.8, 4) is 0 Å². The lowest BCUT2D eigenvalue weighted by molar-refractivity contribution is 0.203. The van der Waals surface area contributed by atoms with E-state index in [0.717, 1.165) is 61.7 Å². The second kappa shape index (κ2) is 6.72. The molecule has 3 aromatic heterocycles. The Hall–Kier alpha value is -2.41. The van der Waals surface area contributed by atoms with Gasteiger partial charge in [0.2, 0.25) is 0 Å². The molecule has 0 saturated carbocycles. The molecular weight excluding hydrogens is 328 g/mol. The van der Waals surface area contributed by atoms with E-state index in [0.29, 0.717) is 5.92 Å². The van der Waals surface area contributed by atoms with Crippen molar-refractivity contribution in [2.45, 2.75) is 52.6 Å². The molecule has 7 heteroatoms. The van der Waals surface area contributed by atoms with Gasteiger partial charge < -0.3 is 0 Å². The summed E-state index contributed by atoms with van der Waals surface area (Å²) in [5.74, 6) is 0.360. The molecule has 0 unspecified atom stereocenters. The van der Waals surface area contributed by atoms with Gasteiger partial charge in [0, 0.05) is 48.6 Å². The molecule has 26 heavy (non-hydrogen) atoms. The summed E-state index contributed by atoms with van der Waals surface area (Å²) >= 11 is 0. The summed E-state index contributed by atoms with van der Waals surface area (Å²) in [4.78, 5) is 19.5. The van der Waals surface area contributed by atoms with Gasteiger partial charge in [-0.15, -0.1) is 0 Å². The van der Waals surface area contributed by atoms with E-state index in [1.165, 1.54) is 10.1 Å². The number of aromatic nitrogens is 5. The van der Waals surface area contributed by atoms with Gasteiger partial charge in [0.15, 0.2) is 5.65 Å². The smallest absolute Gasteiger partial charge is 0.272 e. The van der Waals surface area contributed by atoms with Crippen molar-refractivity contribution in [3.05, 3.63) is 51.3 Å². The lowest BCUT2D eigenvalue weighted by Crippen LogP contribution is -2.33. The molecule has 1 fully saturated rings. The number of aromatic amines is 1. The highest BCUT2D eigenvalue weighted by Gasteiger charge is 2.23. The molecule has 0 spiro atoms. The normalized spacial score (nSPS) is 16.6. The first-order valence-electron chi connectivity index (χ1n) is 9.38. The summed E-state index contributed by atoms with van der Waals surface area (Å²) in [6.45, 7) is 10.0. The van der Waals surface area contributed by atoms with Crippen LogP contribution in [0.1, 0.15) is 48.3 Å². The van der Waals surface area contributed by atoms with Gasteiger partial charge in [0.1, 0.15) is 0 Å². The van der Waals surface area contributed by atoms with Crippen molar-refractivity contribution in [1.82, 2.24) is 29.3 Å². The number of fused-ring (bicyclic) bond motifs is 1. The topological polar surface area (TPSA) is 71.2 Å². The van der Waals surface area contributed by atoms with Crippen molar-refractivity contribution in [1.29, 1.82) is 0 Å². The highest BCUT2D eigenvalue weighted by Crippen LogP contribution is 2.27. The molecule has 138 valence electrons. The SMILES string of the molecule is CCn1cc(CN2CCC(c3cc(=O)n4[nH]c(C)cc4n3)CC2)c(C)n1. The Bertz CT molecular complexity index is 974. The predicted octanol–water partition coefficient (Wildman–Crippen LogP) is 2.24. The Morgan fingerprint density at radius 1 is 1.23 bits per heavy atom. The molecular formula is C19H26N6O. The zero-order valence-corrected chi connectivity index (χ0v) is 15.7. The number of rotatable bonds is 4. The highest BCUT2D eigenvalue weighted by molar-refractivity contribution is 5.39. The van der Waals surface area contributed by atoms with Gasteiger partial charge in [-0.25, -0.2) is 9.50 Å². The van der Waals surface area contributed by atoms with Crippen LogP contribution in [0.3, 0.4) is 0 Å². The summed E-state index contributed by atoms with van der Waals surface area (Å²) in [5.41, 5.74) is 5.01. The molecule has 1 aliphatic heterocycles. The lowest BCUT2D eigenvalue weighted by Gasteiger charge is -2.31. The van der Waals surface area contributed by atoms with Crippen LogP contribution in [0.2, 0.25) is 0 Å². The largest absolute Gasteiger partial charge is 0.299 e. The summed E-state index contributed by atoms with van der Waals surface area (Å²) < 4.78 is 3.52. The first-order chi connectivity index (χ1) is 12.5. The van der Waals surface area contributed by atoms with Gasteiger partial charge in [0.05, 0.1) is 11.4 Å². The third-order valence-electron chi connectivity index (χ3n) is 5.37. The molecule has 0 bridgehead atoms. The minimum absolute atomic E-state index is 0.0249. The van der Waals surface area contributed by atoms with Crippen LogP contribution >= 0.6 is 0 Å². The quantitative estimate of drug-likeness (QED) is 0.780. The fourth-order valence-electron chi connectivity index (χ4n) is 3.84. The van der Waals surface area contributed by atoms with E-state index >= 15 is 0 Å². The van der Waals surface area contributed by atoms with Gasteiger partial charge in [-0.05, 0) is 46.7 Å². The number of likely N-dealkylation sites (tertiary alicyclic amines) is 1. The van der Waals surface area contributed by atoms with Crippen LogP contribution in [0.5, 0.6) is 0 Å². The molecule has 0 atom stereocenters. The molecule has 0 aromatic carbocycles. The van der Waals surface area contributed by atoms with Gasteiger partial charge in [-0.2, -0.15) is 5.10 Å². The van der Waals surface area contributed by atoms with Crippen LogP contribution in [-0.2, 0) is 13.1 Å². The number of H-pyrrole nitrogens is 1. The zero-order valence-electron chi connectivity index (χ0n) is 15.7. The van der Waals surface area contributed by atoms with Crippen LogP contribution in [0, 0.1) is 13.8 Å². The predicted molar refractivity (Wildman–Crippen MR) is 100 cm³/mol. The summed E-state index contributed by atoms with van der Waals surface area (Å²) in [5, 5.41) is 7.57. The fourth-order valence-corrected chi connectivity index (χ4v) is 3.84. The van der Waals surface area contributed by atoms with Crippen LogP contribution in [0.4, 0.5) is 0 Å². The van der Waals surface area contributed by atoms with Crippen molar-refractivity contribution in [2.75, 3.05) is 13.1 Å². The number of piperidine rings is 1. The molecule has 0 amide bonds. The lowest BCUT2D eigenvalue weighted by atomic mass is 9.93. The molecule has 0 radical (unpaired) electrons. The van der Waals surface area contributed by atoms with Crippen molar-refractivity contribution in [2.24, 2.45) is 0 Å². The maximum absolute atomic E-state index is 12.3. The second-order valence-electron chi connectivity index (χ2n) is 7.30. The standard InChI is InChI=1S/C19H26N6O/c1-4-24-12-16(14(3)22-24)11-23-7-5-15(6-8-23)17-10-19(26)25-18(20-17)9-13(2)21-25/h9-10,12,15,21H,4-8,11H2,1-3H3. The third-order valence-corrected chi connectivity index (χ3v) is 5.37. The Labute approximate surface area is 152 Å². The molecule has 1 saturated heterocycles. The summed E-state index contributed by atoms with van der Waals surface area (Å²) in [6, 6.07) is 3.62. The van der Waals surface area contributed by atoms with E-state index in [-0.39, 0.29) is 5.56 Å². The Kier molecular flexibility index (Phi) is 4.40.